The summed E-state index contributed by atoms with van der Waals surface area (Å²) in [6.07, 6.45) is 3.40. The number of rotatable bonds is 5. The first kappa shape index (κ1) is 17.4. The molecule has 0 aliphatic rings. The highest BCUT2D eigenvalue weighted by atomic mass is 16.5. The standard InChI is InChI=1S/C20H20N4O2/c1-14-12-17(15(2)24(14)19-6-4-5-11-21-19)13-22-23-20(25)16-7-9-18(26-3)10-8-16/h4-13H,1-3H3,(H,23,25)/b22-13-. The van der Waals surface area contributed by atoms with Crippen molar-refractivity contribution >= 4 is 12.1 Å². The van der Waals surface area contributed by atoms with Crippen LogP contribution in [0.25, 0.3) is 5.82 Å². The second-order valence-corrected chi connectivity index (χ2v) is 5.78. The van der Waals surface area contributed by atoms with Crippen molar-refractivity contribution in [1.82, 2.24) is 15.0 Å². The number of carbonyl (C=O) groups excluding carboxylic acids is 1. The van der Waals surface area contributed by atoms with E-state index < -0.39 is 0 Å². The van der Waals surface area contributed by atoms with E-state index in [4.69, 9.17) is 4.74 Å². The zero-order valence-electron chi connectivity index (χ0n) is 14.9. The average molecular weight is 348 g/mol. The van der Waals surface area contributed by atoms with Gasteiger partial charge in [0.05, 0.1) is 13.3 Å². The Morgan fingerprint density at radius 1 is 1.19 bits per heavy atom. The Hall–Kier alpha value is -3.41. The normalized spacial score (nSPS) is 10.9. The summed E-state index contributed by atoms with van der Waals surface area (Å²) in [7, 11) is 1.58. The molecule has 132 valence electrons. The number of ether oxygens (including phenoxy) is 1. The third-order valence-corrected chi connectivity index (χ3v) is 4.07. The first-order valence-electron chi connectivity index (χ1n) is 8.18. The number of nitrogens with zero attached hydrogens (tertiary/aromatic N) is 3. The van der Waals surface area contributed by atoms with Gasteiger partial charge in [-0.15, -0.1) is 0 Å². The van der Waals surface area contributed by atoms with Crippen LogP contribution >= 0.6 is 0 Å². The lowest BCUT2D eigenvalue weighted by Gasteiger charge is -2.07. The third-order valence-electron chi connectivity index (χ3n) is 4.07. The van der Waals surface area contributed by atoms with E-state index >= 15 is 0 Å². The lowest BCUT2D eigenvalue weighted by Crippen LogP contribution is -2.17. The summed E-state index contributed by atoms with van der Waals surface area (Å²) in [6, 6.07) is 14.6. The molecule has 0 aliphatic heterocycles. The van der Waals surface area contributed by atoms with Crippen molar-refractivity contribution in [3.63, 3.8) is 0 Å². The molecule has 0 saturated heterocycles. The number of nitrogens with one attached hydrogen (secondary N) is 1. The van der Waals surface area contributed by atoms with Crippen LogP contribution in [0.5, 0.6) is 5.75 Å². The molecule has 1 aromatic carbocycles. The van der Waals surface area contributed by atoms with Crippen LogP contribution in [0.15, 0.2) is 59.8 Å². The van der Waals surface area contributed by atoms with E-state index in [9.17, 15) is 4.79 Å². The predicted molar refractivity (Wildman–Crippen MR) is 101 cm³/mol. The van der Waals surface area contributed by atoms with Gasteiger partial charge in [0.2, 0.25) is 0 Å². The minimum Gasteiger partial charge on any atom is -0.497 e. The molecule has 26 heavy (non-hydrogen) atoms. The Balaban J connectivity index is 1.73. The number of amides is 1. The minimum absolute atomic E-state index is 0.276. The Morgan fingerprint density at radius 2 is 1.96 bits per heavy atom. The quantitative estimate of drug-likeness (QED) is 0.568. The van der Waals surface area contributed by atoms with E-state index in [1.54, 1.807) is 43.8 Å². The minimum atomic E-state index is -0.276. The molecule has 0 aliphatic carbocycles. The van der Waals surface area contributed by atoms with E-state index in [1.165, 1.54) is 0 Å². The lowest BCUT2D eigenvalue weighted by atomic mass is 10.2. The van der Waals surface area contributed by atoms with Gasteiger partial charge in [-0.25, -0.2) is 10.4 Å². The van der Waals surface area contributed by atoms with Crippen molar-refractivity contribution in [2.75, 3.05) is 7.11 Å². The van der Waals surface area contributed by atoms with Gasteiger partial charge in [-0.3, -0.25) is 4.79 Å². The molecule has 0 radical (unpaired) electrons. The summed E-state index contributed by atoms with van der Waals surface area (Å²) in [5, 5.41) is 4.08. The molecule has 0 saturated carbocycles. The van der Waals surface area contributed by atoms with E-state index in [0.29, 0.717) is 11.3 Å². The molecular formula is C20H20N4O2. The largest absolute Gasteiger partial charge is 0.497 e. The molecule has 1 N–H and O–H groups in total. The van der Waals surface area contributed by atoms with Gasteiger partial charge in [0.25, 0.3) is 5.91 Å². The number of methoxy groups -OCH3 is 1. The van der Waals surface area contributed by atoms with Gasteiger partial charge in [0.15, 0.2) is 0 Å². The summed E-state index contributed by atoms with van der Waals surface area (Å²) in [5.74, 6) is 1.28. The van der Waals surface area contributed by atoms with Gasteiger partial charge < -0.3 is 9.30 Å². The first-order valence-corrected chi connectivity index (χ1v) is 8.18. The number of carbonyl (C=O) groups is 1. The molecule has 0 fully saturated rings. The third kappa shape index (κ3) is 3.64. The van der Waals surface area contributed by atoms with Crippen LogP contribution in [-0.4, -0.2) is 28.8 Å². The van der Waals surface area contributed by atoms with Crippen LogP contribution in [0.2, 0.25) is 0 Å². The number of benzene rings is 1. The maximum Gasteiger partial charge on any atom is 0.271 e. The van der Waals surface area contributed by atoms with Gasteiger partial charge in [-0.2, -0.15) is 5.10 Å². The van der Waals surface area contributed by atoms with Crippen LogP contribution in [-0.2, 0) is 0 Å². The van der Waals surface area contributed by atoms with Crippen molar-refractivity contribution in [2.45, 2.75) is 13.8 Å². The van der Waals surface area contributed by atoms with Crippen molar-refractivity contribution in [3.05, 3.63) is 77.2 Å². The van der Waals surface area contributed by atoms with Gasteiger partial charge in [-0.1, -0.05) is 6.07 Å². The number of hydrogen-bond acceptors (Lipinski definition) is 4. The molecule has 0 unspecified atom stereocenters. The first-order chi connectivity index (χ1) is 12.6. The summed E-state index contributed by atoms with van der Waals surface area (Å²) in [5.41, 5.74) is 6.03. The molecule has 1 amide bonds. The van der Waals surface area contributed by atoms with Crippen molar-refractivity contribution in [1.29, 1.82) is 0 Å². The highest BCUT2D eigenvalue weighted by Gasteiger charge is 2.10. The van der Waals surface area contributed by atoms with Crippen LogP contribution in [0.4, 0.5) is 0 Å². The number of aryl methyl sites for hydroxylation is 1. The van der Waals surface area contributed by atoms with Gasteiger partial charge in [0, 0.05) is 28.7 Å². The Morgan fingerprint density at radius 3 is 2.62 bits per heavy atom. The average Bonchev–Trinajstić information content (AvgIpc) is 2.96. The van der Waals surface area contributed by atoms with E-state index in [-0.39, 0.29) is 5.91 Å². The molecule has 3 aromatic rings. The highest BCUT2D eigenvalue weighted by Crippen LogP contribution is 2.18. The highest BCUT2D eigenvalue weighted by molar-refractivity contribution is 5.95. The monoisotopic (exact) mass is 348 g/mol. The number of aromatic nitrogens is 2. The molecule has 0 atom stereocenters. The molecule has 0 bridgehead atoms. The molecule has 2 aromatic heterocycles. The second kappa shape index (κ2) is 7.65. The molecule has 0 spiro atoms. The van der Waals surface area contributed by atoms with Crippen LogP contribution < -0.4 is 10.2 Å². The zero-order valence-corrected chi connectivity index (χ0v) is 14.9. The van der Waals surface area contributed by atoms with Crippen molar-refractivity contribution in [3.8, 4) is 11.6 Å². The predicted octanol–water partition coefficient (Wildman–Crippen LogP) is 3.26. The fourth-order valence-corrected chi connectivity index (χ4v) is 2.72. The summed E-state index contributed by atoms with van der Waals surface area (Å²) >= 11 is 0. The number of hydrogen-bond donors (Lipinski definition) is 1. The van der Waals surface area contributed by atoms with E-state index in [2.05, 4.69) is 15.5 Å². The topological polar surface area (TPSA) is 68.5 Å². The fourth-order valence-electron chi connectivity index (χ4n) is 2.72. The number of hydrazone groups is 1. The molecule has 2 heterocycles. The fraction of sp³-hybridized carbons (Fsp3) is 0.150. The SMILES string of the molecule is COc1ccc(C(=O)N/N=C\c2cc(C)n(-c3ccccn3)c2C)cc1. The summed E-state index contributed by atoms with van der Waals surface area (Å²) in [6.45, 7) is 4.00. The van der Waals surface area contributed by atoms with Gasteiger partial charge in [0.1, 0.15) is 11.6 Å². The van der Waals surface area contributed by atoms with Gasteiger partial charge >= 0.3 is 0 Å². The molecule has 3 rings (SSSR count). The van der Waals surface area contributed by atoms with Crippen LogP contribution in [0.3, 0.4) is 0 Å². The van der Waals surface area contributed by atoms with E-state index in [0.717, 1.165) is 22.8 Å². The number of pyridine rings is 1. The Bertz CT molecular complexity index is 928. The van der Waals surface area contributed by atoms with Gasteiger partial charge in [-0.05, 0) is 56.3 Å². The van der Waals surface area contributed by atoms with Crippen molar-refractivity contribution in [2.24, 2.45) is 5.10 Å². The van der Waals surface area contributed by atoms with Crippen LogP contribution in [0.1, 0.15) is 27.3 Å². The van der Waals surface area contributed by atoms with Crippen LogP contribution in [0, 0.1) is 13.8 Å². The maximum absolute atomic E-state index is 12.1. The Kier molecular flexibility index (Phi) is 5.12. The molecular weight excluding hydrogens is 328 g/mol. The smallest absolute Gasteiger partial charge is 0.271 e. The lowest BCUT2D eigenvalue weighted by molar-refractivity contribution is 0.0955. The summed E-state index contributed by atoms with van der Waals surface area (Å²) in [4.78, 5) is 16.5. The molecule has 6 heteroatoms. The van der Waals surface area contributed by atoms with Crippen molar-refractivity contribution < 1.29 is 9.53 Å². The zero-order chi connectivity index (χ0) is 18.5. The van der Waals surface area contributed by atoms with E-state index in [1.807, 2.05) is 42.7 Å². The molecule has 6 nitrogen and oxygen atoms in total. The second-order valence-electron chi connectivity index (χ2n) is 5.78. The maximum atomic E-state index is 12.1. The summed E-state index contributed by atoms with van der Waals surface area (Å²) < 4.78 is 7.13. The Labute approximate surface area is 152 Å².